The molecule has 4 heteroatoms. The number of hydrogen-bond acceptors (Lipinski definition) is 3. The summed E-state index contributed by atoms with van der Waals surface area (Å²) in [5.41, 5.74) is 0.792. The molecule has 1 aromatic carbocycles. The summed E-state index contributed by atoms with van der Waals surface area (Å²) in [4.78, 5) is 0.535. The van der Waals surface area contributed by atoms with Gasteiger partial charge >= 0.3 is 0 Å². The lowest BCUT2D eigenvalue weighted by Gasteiger charge is -2.20. The predicted molar refractivity (Wildman–Crippen MR) is 57.0 cm³/mol. The minimum absolute atomic E-state index is 0.535. The van der Waals surface area contributed by atoms with E-state index in [9.17, 15) is 9.66 Å². The van der Waals surface area contributed by atoms with E-state index in [-0.39, 0.29) is 0 Å². The van der Waals surface area contributed by atoms with Crippen molar-refractivity contribution in [2.75, 3.05) is 0 Å². The van der Waals surface area contributed by atoms with Crippen molar-refractivity contribution in [3.63, 3.8) is 0 Å². The second-order valence-electron chi connectivity index (χ2n) is 3.83. The van der Waals surface area contributed by atoms with Crippen LogP contribution in [0.4, 0.5) is 0 Å². The molecule has 0 amide bonds. The molecular weight excluding hydrogens is 198 g/mol. The average molecular weight is 213 g/mol. The molecule has 1 aromatic rings. The van der Waals surface area contributed by atoms with Crippen LogP contribution in [0.15, 0.2) is 23.1 Å². The first-order valence-corrected chi connectivity index (χ1v) is 5.53. The van der Waals surface area contributed by atoms with Gasteiger partial charge in [-0.3, -0.25) is 0 Å². The highest BCUT2D eigenvalue weighted by Crippen LogP contribution is 2.25. The molecule has 0 saturated carbocycles. The van der Waals surface area contributed by atoms with Crippen LogP contribution in [0.25, 0.3) is 0 Å². The van der Waals surface area contributed by atoms with Crippen molar-refractivity contribution >= 4 is 11.4 Å². The van der Waals surface area contributed by atoms with Gasteiger partial charge in [-0.1, -0.05) is 6.07 Å². The Balaban J connectivity index is 3.22. The number of benzene rings is 1. The molecule has 0 aliphatic rings. The Morgan fingerprint density at radius 2 is 2.00 bits per heavy atom. The van der Waals surface area contributed by atoms with E-state index in [4.69, 9.17) is 5.14 Å². The smallest absolute Gasteiger partial charge is 0.174 e. The van der Waals surface area contributed by atoms with Gasteiger partial charge < -0.3 is 9.66 Å². The van der Waals surface area contributed by atoms with Crippen LogP contribution in [-0.2, 0) is 17.0 Å². The molecule has 1 atom stereocenters. The molecular formula is C10H15NO2S. The van der Waals surface area contributed by atoms with Crippen LogP contribution in [0.5, 0.6) is 0 Å². The Morgan fingerprint density at radius 1 is 1.43 bits per heavy atom. The monoisotopic (exact) mass is 213 g/mol. The van der Waals surface area contributed by atoms with Crippen molar-refractivity contribution in [3.8, 4) is 0 Å². The topological polar surface area (TPSA) is 69.3 Å². The Kier molecular flexibility index (Phi) is 3.21. The Bertz CT molecular complexity index is 331. The van der Waals surface area contributed by atoms with Crippen LogP contribution in [0.1, 0.15) is 25.0 Å². The van der Waals surface area contributed by atoms with Gasteiger partial charge in [0.2, 0.25) is 0 Å². The van der Waals surface area contributed by atoms with Gasteiger partial charge in [0, 0.05) is 6.07 Å². The fourth-order valence-corrected chi connectivity index (χ4v) is 1.82. The summed E-state index contributed by atoms with van der Waals surface area (Å²) in [5.74, 6) is 0. The van der Waals surface area contributed by atoms with Crippen LogP contribution in [0, 0.1) is 6.92 Å². The molecule has 78 valence electrons. The second-order valence-corrected chi connectivity index (χ2v) is 4.90. The Labute approximate surface area is 87.3 Å². The quantitative estimate of drug-likeness (QED) is 0.725. The molecule has 1 unspecified atom stereocenters. The Hall–Kier alpha value is -0.550. The first kappa shape index (κ1) is 11.5. The molecule has 0 spiro atoms. The van der Waals surface area contributed by atoms with Crippen LogP contribution >= 0.6 is 0 Å². The molecule has 0 heterocycles. The van der Waals surface area contributed by atoms with Gasteiger partial charge in [0.05, 0.1) is 17.0 Å². The molecule has 0 bridgehead atoms. The number of rotatable bonds is 2. The summed E-state index contributed by atoms with van der Waals surface area (Å²) in [6, 6.07) is 5.21. The summed E-state index contributed by atoms with van der Waals surface area (Å²) < 4.78 is 11.0. The van der Waals surface area contributed by atoms with Gasteiger partial charge in [0.15, 0.2) is 4.90 Å². The molecule has 1 rings (SSSR count). The van der Waals surface area contributed by atoms with Gasteiger partial charge in [0.25, 0.3) is 0 Å². The van der Waals surface area contributed by atoms with Gasteiger partial charge in [0.1, 0.15) is 0 Å². The molecule has 0 fully saturated rings. The molecule has 0 saturated heterocycles. The highest BCUT2D eigenvalue weighted by molar-refractivity contribution is 7.89. The normalized spacial score (nSPS) is 14.1. The number of aliphatic hydroxyl groups is 1. The lowest BCUT2D eigenvalue weighted by atomic mass is 9.94. The summed E-state index contributed by atoms with van der Waals surface area (Å²) in [7, 11) is 0. The average Bonchev–Trinajstić information content (AvgIpc) is 2.02. The van der Waals surface area contributed by atoms with Gasteiger partial charge in [-0.25, -0.2) is 0 Å². The van der Waals surface area contributed by atoms with E-state index < -0.39 is 17.0 Å². The molecule has 0 aromatic heterocycles. The van der Waals surface area contributed by atoms with E-state index in [1.807, 2.05) is 13.0 Å². The van der Waals surface area contributed by atoms with Gasteiger partial charge in [-0.05, 0) is 38.0 Å². The van der Waals surface area contributed by atoms with Crippen molar-refractivity contribution in [1.82, 2.24) is 0 Å². The highest BCUT2D eigenvalue weighted by atomic mass is 32.2. The third-order valence-electron chi connectivity index (χ3n) is 2.10. The van der Waals surface area contributed by atoms with E-state index in [1.165, 1.54) is 0 Å². The third-order valence-corrected chi connectivity index (χ3v) is 2.82. The van der Waals surface area contributed by atoms with E-state index in [0.29, 0.717) is 4.90 Å². The largest absolute Gasteiger partial charge is 0.593 e. The zero-order valence-corrected chi connectivity index (χ0v) is 9.39. The maximum absolute atomic E-state index is 11.0. The number of aryl methyl sites for hydroxylation is 1. The zero-order valence-electron chi connectivity index (χ0n) is 8.57. The second kappa shape index (κ2) is 3.90. The Morgan fingerprint density at radius 3 is 2.43 bits per heavy atom. The van der Waals surface area contributed by atoms with Gasteiger partial charge in [-0.2, -0.15) is 0 Å². The highest BCUT2D eigenvalue weighted by Gasteiger charge is 2.20. The minimum atomic E-state index is -1.49. The third kappa shape index (κ3) is 2.48. The first-order chi connectivity index (χ1) is 6.32. The SMILES string of the molecule is Cc1ccc([S+](N)[O-])cc1C(C)(C)O. The summed E-state index contributed by atoms with van der Waals surface area (Å²) >= 11 is -1.49. The van der Waals surface area contributed by atoms with Gasteiger partial charge in [-0.15, -0.1) is 5.14 Å². The van der Waals surface area contributed by atoms with Crippen LogP contribution in [0.3, 0.4) is 0 Å². The number of hydrogen-bond donors (Lipinski definition) is 2. The predicted octanol–water partition coefficient (Wildman–Crippen LogP) is 1.20. The maximum Gasteiger partial charge on any atom is 0.174 e. The van der Waals surface area contributed by atoms with E-state index >= 15 is 0 Å². The summed E-state index contributed by atoms with van der Waals surface area (Å²) in [5, 5.41) is 15.1. The first-order valence-electron chi connectivity index (χ1n) is 4.32. The maximum atomic E-state index is 11.0. The fraction of sp³-hybridized carbons (Fsp3) is 0.400. The minimum Gasteiger partial charge on any atom is -0.593 e. The van der Waals surface area contributed by atoms with Crippen molar-refractivity contribution in [2.24, 2.45) is 5.14 Å². The molecule has 3 N–H and O–H groups in total. The van der Waals surface area contributed by atoms with Crippen molar-refractivity contribution < 1.29 is 9.66 Å². The molecule has 0 radical (unpaired) electrons. The van der Waals surface area contributed by atoms with Crippen molar-refractivity contribution in [1.29, 1.82) is 0 Å². The lowest BCUT2D eigenvalue weighted by Crippen LogP contribution is -2.19. The molecule has 0 aliphatic carbocycles. The molecule has 3 nitrogen and oxygen atoms in total. The van der Waals surface area contributed by atoms with Crippen LogP contribution < -0.4 is 5.14 Å². The molecule has 14 heavy (non-hydrogen) atoms. The van der Waals surface area contributed by atoms with E-state index in [2.05, 4.69) is 0 Å². The standard InChI is InChI=1S/C10H15NO2S/c1-7-4-5-8(14(11)13)6-9(7)10(2,3)12/h4-6,12H,11H2,1-3H3. The van der Waals surface area contributed by atoms with Crippen LogP contribution in [-0.4, -0.2) is 9.66 Å². The lowest BCUT2D eigenvalue weighted by molar-refractivity contribution is 0.0777. The number of nitrogens with two attached hydrogens (primary N) is 1. The van der Waals surface area contributed by atoms with E-state index in [1.54, 1.807) is 26.0 Å². The fourth-order valence-electron chi connectivity index (χ4n) is 1.39. The summed E-state index contributed by atoms with van der Waals surface area (Å²) in [6.07, 6.45) is 0. The summed E-state index contributed by atoms with van der Waals surface area (Å²) in [6.45, 7) is 5.29. The van der Waals surface area contributed by atoms with E-state index in [0.717, 1.165) is 11.1 Å². The molecule has 0 aliphatic heterocycles. The van der Waals surface area contributed by atoms with Crippen molar-refractivity contribution in [2.45, 2.75) is 31.3 Å². The zero-order chi connectivity index (χ0) is 10.9. The van der Waals surface area contributed by atoms with Crippen molar-refractivity contribution in [3.05, 3.63) is 29.3 Å². The van der Waals surface area contributed by atoms with Crippen LogP contribution in [0.2, 0.25) is 0 Å².